The molecule has 0 bridgehead atoms. The number of nitrogens with one attached hydrogen (secondary N) is 1. The summed E-state index contributed by atoms with van der Waals surface area (Å²) in [4.78, 5) is 0. The second kappa shape index (κ2) is 4.47. The van der Waals surface area contributed by atoms with Crippen molar-refractivity contribution >= 4 is 0 Å². The van der Waals surface area contributed by atoms with Gasteiger partial charge in [-0.2, -0.15) is 0 Å². The molecule has 1 fully saturated rings. The molecule has 1 N–H and O–H groups in total. The van der Waals surface area contributed by atoms with Gasteiger partial charge in [-0.05, 0) is 12.8 Å². The number of nitrogens with zero attached hydrogens (tertiary/aromatic N) is 1. The van der Waals surface area contributed by atoms with Crippen LogP contribution in [-0.2, 0) is 0 Å². The zero-order chi connectivity index (χ0) is 7.23. The summed E-state index contributed by atoms with van der Waals surface area (Å²) >= 11 is 0. The Balaban J connectivity index is 2.07. The van der Waals surface area contributed by atoms with E-state index >= 15 is 0 Å². The summed E-state index contributed by atoms with van der Waals surface area (Å²) in [7, 11) is 0. The maximum Gasteiger partial charge on any atom is 0.0595 e. The highest BCUT2D eigenvalue weighted by molar-refractivity contribution is 4.83. The number of hydrazine groups is 1. The molecule has 1 aliphatic rings. The van der Waals surface area contributed by atoms with Crippen LogP contribution in [0.25, 0.3) is 0 Å². The Labute approximate surface area is 62.9 Å². The van der Waals surface area contributed by atoms with Crippen LogP contribution in [0.3, 0.4) is 0 Å². The molecular formula is C8H15N2. The van der Waals surface area contributed by atoms with Crippen LogP contribution in [0.15, 0.2) is 12.7 Å². The highest BCUT2D eigenvalue weighted by Gasteiger charge is 2.07. The van der Waals surface area contributed by atoms with Crippen molar-refractivity contribution in [1.29, 1.82) is 0 Å². The fourth-order valence-corrected chi connectivity index (χ4v) is 1.18. The second-order valence-electron chi connectivity index (χ2n) is 2.58. The summed E-state index contributed by atoms with van der Waals surface area (Å²) in [6.45, 7) is 7.82. The molecule has 1 saturated heterocycles. The number of piperidine rings is 1. The van der Waals surface area contributed by atoms with E-state index in [-0.39, 0.29) is 0 Å². The Morgan fingerprint density at radius 2 is 1.90 bits per heavy atom. The van der Waals surface area contributed by atoms with E-state index in [1.165, 1.54) is 32.4 Å². The quantitative estimate of drug-likeness (QED) is 0.634. The largest absolute Gasteiger partial charge is 0.246 e. The molecule has 1 heterocycles. The third kappa shape index (κ3) is 2.50. The van der Waals surface area contributed by atoms with Gasteiger partial charge in [0.05, 0.1) is 6.54 Å². The topological polar surface area (TPSA) is 15.3 Å². The molecule has 0 aliphatic carbocycles. The lowest BCUT2D eigenvalue weighted by molar-refractivity contribution is 0.175. The van der Waals surface area contributed by atoms with Gasteiger partial charge in [0, 0.05) is 13.1 Å². The van der Waals surface area contributed by atoms with Crippen molar-refractivity contribution in [2.24, 2.45) is 0 Å². The van der Waals surface area contributed by atoms with Crippen LogP contribution in [0.1, 0.15) is 19.3 Å². The van der Waals surface area contributed by atoms with Gasteiger partial charge in [-0.1, -0.05) is 12.5 Å². The number of hydrogen-bond donors (Lipinski definition) is 1. The maximum absolute atomic E-state index is 3.60. The number of rotatable bonds is 3. The fourth-order valence-electron chi connectivity index (χ4n) is 1.18. The molecule has 1 aliphatic heterocycles. The second-order valence-corrected chi connectivity index (χ2v) is 2.58. The van der Waals surface area contributed by atoms with Crippen molar-refractivity contribution in [3.63, 3.8) is 0 Å². The lowest BCUT2D eigenvalue weighted by Gasteiger charge is -2.26. The zero-order valence-corrected chi connectivity index (χ0v) is 6.34. The molecule has 0 unspecified atom stereocenters. The first-order valence-electron chi connectivity index (χ1n) is 3.89. The molecule has 0 aromatic rings. The van der Waals surface area contributed by atoms with Gasteiger partial charge in [-0.15, -0.1) is 6.58 Å². The van der Waals surface area contributed by atoms with Gasteiger partial charge >= 0.3 is 0 Å². The molecule has 2 nitrogen and oxygen atoms in total. The maximum atomic E-state index is 3.60. The SMILES string of the molecule is C=C[CH]NN1CCCCC1. The van der Waals surface area contributed by atoms with E-state index in [1.807, 2.05) is 6.54 Å². The highest BCUT2D eigenvalue weighted by Crippen LogP contribution is 2.05. The summed E-state index contributed by atoms with van der Waals surface area (Å²) in [6, 6.07) is 0. The van der Waals surface area contributed by atoms with Crippen LogP contribution in [0, 0.1) is 6.54 Å². The third-order valence-electron chi connectivity index (χ3n) is 1.73. The van der Waals surface area contributed by atoms with E-state index in [0.29, 0.717) is 0 Å². The van der Waals surface area contributed by atoms with Gasteiger partial charge in [0.15, 0.2) is 0 Å². The van der Waals surface area contributed by atoms with Crippen LogP contribution >= 0.6 is 0 Å². The van der Waals surface area contributed by atoms with Crippen molar-refractivity contribution in [3.05, 3.63) is 19.2 Å². The number of hydrogen-bond acceptors (Lipinski definition) is 2. The summed E-state index contributed by atoms with van der Waals surface area (Å²) < 4.78 is 0. The molecule has 0 amide bonds. The van der Waals surface area contributed by atoms with Gasteiger partial charge in [-0.3, -0.25) is 0 Å². The highest BCUT2D eigenvalue weighted by atomic mass is 15.5. The van der Waals surface area contributed by atoms with E-state index in [9.17, 15) is 0 Å². The van der Waals surface area contributed by atoms with Crippen molar-refractivity contribution in [3.8, 4) is 0 Å². The first-order valence-corrected chi connectivity index (χ1v) is 3.89. The Hall–Kier alpha value is -0.340. The Morgan fingerprint density at radius 1 is 1.20 bits per heavy atom. The van der Waals surface area contributed by atoms with Crippen molar-refractivity contribution in [1.82, 2.24) is 10.4 Å². The molecule has 0 saturated carbocycles. The van der Waals surface area contributed by atoms with Gasteiger partial charge in [0.25, 0.3) is 0 Å². The summed E-state index contributed by atoms with van der Waals surface area (Å²) in [6.07, 6.45) is 5.79. The normalized spacial score (nSPS) is 20.8. The van der Waals surface area contributed by atoms with Crippen molar-refractivity contribution < 1.29 is 0 Å². The Morgan fingerprint density at radius 3 is 2.50 bits per heavy atom. The van der Waals surface area contributed by atoms with Crippen molar-refractivity contribution in [2.75, 3.05) is 13.1 Å². The molecule has 0 aromatic carbocycles. The van der Waals surface area contributed by atoms with E-state index in [1.54, 1.807) is 6.08 Å². The van der Waals surface area contributed by atoms with Gasteiger partial charge in [0.1, 0.15) is 0 Å². The average molecular weight is 139 g/mol. The third-order valence-corrected chi connectivity index (χ3v) is 1.73. The van der Waals surface area contributed by atoms with Crippen LogP contribution in [0.2, 0.25) is 0 Å². The van der Waals surface area contributed by atoms with Crippen molar-refractivity contribution in [2.45, 2.75) is 19.3 Å². The molecule has 2 heteroatoms. The molecule has 0 spiro atoms. The summed E-state index contributed by atoms with van der Waals surface area (Å²) in [5, 5.41) is 2.23. The Bertz CT molecular complexity index is 95.4. The minimum Gasteiger partial charge on any atom is -0.246 e. The molecular weight excluding hydrogens is 124 g/mol. The van der Waals surface area contributed by atoms with Crippen LogP contribution < -0.4 is 5.43 Å². The van der Waals surface area contributed by atoms with E-state index in [0.717, 1.165) is 0 Å². The summed E-state index contributed by atoms with van der Waals surface area (Å²) in [5.74, 6) is 0. The lowest BCUT2D eigenvalue weighted by Crippen LogP contribution is -2.39. The van der Waals surface area contributed by atoms with Crippen LogP contribution in [0.5, 0.6) is 0 Å². The minimum absolute atomic E-state index is 1.17. The van der Waals surface area contributed by atoms with Gasteiger partial charge in [-0.25, -0.2) is 10.4 Å². The molecule has 57 valence electrons. The summed E-state index contributed by atoms with van der Waals surface area (Å²) in [5.41, 5.74) is 3.16. The molecule has 0 atom stereocenters. The zero-order valence-electron chi connectivity index (χ0n) is 6.34. The van der Waals surface area contributed by atoms with Crippen LogP contribution in [-0.4, -0.2) is 18.1 Å². The fraction of sp³-hybridized carbons (Fsp3) is 0.625. The molecule has 1 radical (unpaired) electrons. The molecule has 1 rings (SSSR count). The monoisotopic (exact) mass is 139 g/mol. The van der Waals surface area contributed by atoms with E-state index in [4.69, 9.17) is 0 Å². The smallest absolute Gasteiger partial charge is 0.0595 e. The first-order chi connectivity index (χ1) is 4.93. The van der Waals surface area contributed by atoms with E-state index in [2.05, 4.69) is 17.0 Å². The predicted octanol–water partition coefficient (Wildman–Crippen LogP) is 1.32. The Kier molecular flexibility index (Phi) is 3.47. The van der Waals surface area contributed by atoms with Gasteiger partial charge in [0.2, 0.25) is 0 Å². The minimum atomic E-state index is 1.17. The average Bonchev–Trinajstić information content (AvgIpc) is 2.03. The predicted molar refractivity (Wildman–Crippen MR) is 43.1 cm³/mol. The van der Waals surface area contributed by atoms with Gasteiger partial charge < -0.3 is 0 Å². The first kappa shape index (κ1) is 7.76. The molecule has 0 aromatic heterocycles. The molecule has 10 heavy (non-hydrogen) atoms. The van der Waals surface area contributed by atoms with E-state index < -0.39 is 0 Å². The lowest BCUT2D eigenvalue weighted by atomic mass is 10.2. The van der Waals surface area contributed by atoms with Crippen LogP contribution in [0.4, 0.5) is 0 Å². The standard InChI is InChI=1S/C8H15N2/c1-2-6-9-10-7-4-3-5-8-10/h2,6,9H,1,3-5,7-8H2.